The highest BCUT2D eigenvalue weighted by Gasteiger charge is 2.33. The normalized spacial score (nSPS) is 16.5. The van der Waals surface area contributed by atoms with Crippen molar-refractivity contribution >= 4 is 86.1 Å². The van der Waals surface area contributed by atoms with E-state index in [-0.39, 0.29) is 96.0 Å². The average molecular weight is 1640 g/mol. The molecule has 0 N–H and O–H groups in total. The smallest absolute Gasteiger partial charge is 0.289 e. The molecule has 0 saturated carbocycles. The van der Waals surface area contributed by atoms with Crippen molar-refractivity contribution in [3.05, 3.63) is 182 Å². The summed E-state index contributed by atoms with van der Waals surface area (Å²) in [7, 11) is 0. The number of hydrogen-bond donors (Lipinski definition) is 0. The number of piperidine rings is 3. The van der Waals surface area contributed by atoms with Gasteiger partial charge in [-0.05, 0) is 142 Å². The van der Waals surface area contributed by atoms with Crippen molar-refractivity contribution in [2.45, 2.75) is 205 Å². The van der Waals surface area contributed by atoms with Gasteiger partial charge in [0.1, 0.15) is 5.69 Å². The predicted molar refractivity (Wildman–Crippen MR) is 391 cm³/mol. The Bertz CT molecular complexity index is 3710. The van der Waals surface area contributed by atoms with Crippen LogP contribution < -0.4 is 89.4 Å². The van der Waals surface area contributed by atoms with Crippen LogP contribution in [0.1, 0.15) is 147 Å². The number of benzene rings is 2. The minimum absolute atomic E-state index is 0. The molecular weight excluding hydrogens is 1530 g/mol. The number of likely N-dealkylation sites (tertiary alicyclic amines) is 3. The van der Waals surface area contributed by atoms with E-state index in [4.69, 9.17) is 0 Å². The first-order valence-corrected chi connectivity index (χ1v) is 39.1. The Kier molecular flexibility index (Phi) is 40.6. The number of aryl methyl sites for hydroxylation is 5. The number of halogens is 5. The number of nitrogens with zero attached hydrogens (tertiary/aromatic N) is 11. The van der Waals surface area contributed by atoms with Crippen LogP contribution in [-0.4, -0.2) is 123 Å². The van der Waals surface area contributed by atoms with E-state index in [1.54, 1.807) is 68.9 Å². The largest absolute Gasteiger partial charge is 1.00 e. The number of aromatic nitrogens is 6. The standard InChI is InChI=1S/C19H25N2OS.C18H24N3OS.C14H23N2OS.C13H21N2OS.C12H13N2OS.BrH.4ClH/c1-15-16(2)23-14-21(15)13-19(22)20-10-8-18(9-11-20)12-17-6-4-3-5-7-17;1-15-16(2)23-14-21(15)13-18(22)20-10-8-19(9-11-20)12-17-6-4-3-5-7-17;1-10-6-5-7-11(2)16(10)14(17)8-15-9-18-13(4)12(15)3;1-10-6-4-5-7-15(10)13(16)8-14-9-17-12(3)11(14)2;1-9-10(2)16-8-14(9)7-12(15)11-5-3-4-6-13-11;;;;;/h3-7,14,18H,8-13H2,1-2H3;3-7,14H,8-13H2,1-2H3;9-11H,5-8H2,1-4H3;9-10H,4-8H2,1-3H3;3-6,8H,7H2,1-2H3;5*1H/q5*+1;;;;;/p-5. The van der Waals surface area contributed by atoms with Crippen LogP contribution in [0.2, 0.25) is 0 Å². The molecule has 8 aromatic rings. The summed E-state index contributed by atoms with van der Waals surface area (Å²) in [4.78, 5) is 82.7. The molecular formula is C76H106BrCl4N11O5S5. The Morgan fingerprint density at radius 3 is 1.20 bits per heavy atom. The first-order valence-electron chi connectivity index (χ1n) is 34.7. The monoisotopic (exact) mass is 1630 g/mol. The number of thiazole rings is 5. The number of carbonyl (C=O) groups is 5. The summed E-state index contributed by atoms with van der Waals surface area (Å²) in [5, 5.41) is 0. The van der Waals surface area contributed by atoms with Gasteiger partial charge in [-0.25, -0.2) is 0 Å². The number of Topliss-reactive ketones (excluding diaryl/α,β-unsaturated/α-hetero) is 1. The molecule has 102 heavy (non-hydrogen) atoms. The van der Waals surface area contributed by atoms with Gasteiger partial charge in [-0.3, -0.25) is 33.9 Å². The molecule has 0 spiro atoms. The molecule has 12 rings (SSSR count). The molecule has 4 saturated heterocycles. The van der Waals surface area contributed by atoms with Gasteiger partial charge in [0.05, 0.1) is 24.4 Å². The van der Waals surface area contributed by atoms with E-state index in [1.807, 2.05) is 55.4 Å². The molecule has 4 aliphatic rings. The first kappa shape index (κ1) is 91.1. The molecule has 2 aromatic carbocycles. The lowest BCUT2D eigenvalue weighted by molar-refractivity contribution is -0.686. The topological polar surface area (TPSA) is 134 Å². The summed E-state index contributed by atoms with van der Waals surface area (Å²) in [5.74, 6) is 1.78. The van der Waals surface area contributed by atoms with Gasteiger partial charge < -0.3 is 86.2 Å². The third-order valence-electron chi connectivity index (χ3n) is 19.9. The molecule has 4 amide bonds. The van der Waals surface area contributed by atoms with Crippen molar-refractivity contribution in [1.82, 2.24) is 29.5 Å². The molecule has 0 aliphatic carbocycles. The maximum absolute atomic E-state index is 12.5. The number of carbonyl (C=O) groups excluding carboxylic acids is 5. The predicted octanol–water partition coefficient (Wildman–Crippen LogP) is -3.42. The highest BCUT2D eigenvalue weighted by molar-refractivity contribution is 7.10. The Morgan fingerprint density at radius 2 is 0.794 bits per heavy atom. The van der Waals surface area contributed by atoms with Crippen molar-refractivity contribution < 1.29 is 113 Å². The summed E-state index contributed by atoms with van der Waals surface area (Å²) in [6.45, 7) is 36.9. The van der Waals surface area contributed by atoms with Crippen LogP contribution in [0.5, 0.6) is 0 Å². The Hall–Kier alpha value is -5.11. The fourth-order valence-corrected chi connectivity index (χ4v) is 16.8. The third-order valence-corrected chi connectivity index (χ3v) is 24.9. The number of rotatable bonds is 15. The number of hydrogen-bond acceptors (Lipinski definition) is 12. The molecule has 16 nitrogen and oxygen atoms in total. The van der Waals surface area contributed by atoms with Crippen LogP contribution in [-0.2, 0) is 64.9 Å². The van der Waals surface area contributed by atoms with Gasteiger partial charge in [0.2, 0.25) is 66.1 Å². The van der Waals surface area contributed by atoms with Gasteiger partial charge in [0.25, 0.3) is 23.6 Å². The van der Waals surface area contributed by atoms with E-state index in [1.165, 1.54) is 71.1 Å². The van der Waals surface area contributed by atoms with E-state index in [0.29, 0.717) is 62.5 Å². The lowest BCUT2D eigenvalue weighted by Crippen LogP contribution is -3.00. The highest BCUT2D eigenvalue weighted by Crippen LogP contribution is 2.25. The number of amides is 4. The van der Waals surface area contributed by atoms with Crippen LogP contribution in [0.4, 0.5) is 0 Å². The van der Waals surface area contributed by atoms with Crippen LogP contribution in [0, 0.1) is 75.2 Å². The minimum Gasteiger partial charge on any atom is -1.00 e. The van der Waals surface area contributed by atoms with E-state index < -0.39 is 0 Å². The summed E-state index contributed by atoms with van der Waals surface area (Å²) in [6, 6.07) is 27.8. The fourth-order valence-electron chi connectivity index (χ4n) is 12.8. The molecule has 3 atom stereocenters. The summed E-state index contributed by atoms with van der Waals surface area (Å²) in [5.41, 5.74) is 19.5. The SMILES string of the molecule is Cc1sc[n+](CC(=O)N2C(C)CCCC2C)c1C.Cc1sc[n+](CC(=O)N2CCC(Cc3ccccc3)CC2)c1C.Cc1sc[n+](CC(=O)N2CCCCC2C)c1C.Cc1sc[n+](CC(=O)N2CCN(Cc3ccccc3)CC2)c1C.Cc1sc[n+](CC(=O)c2ccccn2)c1C.[Br-].[Cl-].[Cl-].[Cl-].[Cl-]. The van der Waals surface area contributed by atoms with Gasteiger partial charge in [-0.2, -0.15) is 22.8 Å². The summed E-state index contributed by atoms with van der Waals surface area (Å²) >= 11 is 8.50. The Labute approximate surface area is 662 Å². The van der Waals surface area contributed by atoms with E-state index in [0.717, 1.165) is 103 Å². The first-order chi connectivity index (χ1) is 46.5. The molecule has 3 unspecified atom stereocenters. The van der Waals surface area contributed by atoms with E-state index in [2.05, 4.69) is 187 Å². The molecule has 4 aliphatic heterocycles. The molecule has 0 bridgehead atoms. The van der Waals surface area contributed by atoms with Crippen molar-refractivity contribution in [3.8, 4) is 0 Å². The average Bonchev–Trinajstić information content (AvgIpc) is 1.48. The van der Waals surface area contributed by atoms with Gasteiger partial charge in [-0.1, -0.05) is 123 Å². The molecule has 10 heterocycles. The summed E-state index contributed by atoms with van der Waals surface area (Å²) in [6.07, 6.45) is 12.1. The molecule has 26 heteroatoms. The van der Waals surface area contributed by atoms with Crippen molar-refractivity contribution in [3.63, 3.8) is 0 Å². The minimum atomic E-state index is 0. The van der Waals surface area contributed by atoms with Crippen molar-refractivity contribution in [1.29, 1.82) is 0 Å². The summed E-state index contributed by atoms with van der Waals surface area (Å²) < 4.78 is 10.3. The van der Waals surface area contributed by atoms with Gasteiger partial charge in [0.15, 0.2) is 28.5 Å². The van der Waals surface area contributed by atoms with Gasteiger partial charge in [0, 0.05) is 111 Å². The Morgan fingerprint density at radius 1 is 0.412 bits per heavy atom. The zero-order chi connectivity index (χ0) is 69.7. The maximum atomic E-state index is 12.5. The zero-order valence-corrected chi connectivity index (χ0v) is 70.4. The lowest BCUT2D eigenvalue weighted by Gasteiger charge is -2.38. The second-order valence-electron chi connectivity index (χ2n) is 26.6. The van der Waals surface area contributed by atoms with Crippen molar-refractivity contribution in [2.24, 2.45) is 5.92 Å². The molecule has 560 valence electrons. The van der Waals surface area contributed by atoms with E-state index in [9.17, 15) is 24.0 Å². The van der Waals surface area contributed by atoms with Crippen LogP contribution in [0.3, 0.4) is 0 Å². The van der Waals surface area contributed by atoms with Crippen LogP contribution >= 0.6 is 56.7 Å². The van der Waals surface area contributed by atoms with Crippen molar-refractivity contribution in [2.75, 3.05) is 45.8 Å². The van der Waals surface area contributed by atoms with Gasteiger partial charge in [-0.15, -0.1) is 0 Å². The fraction of sp³-hybridized carbons (Fsp3) is 0.513. The highest BCUT2D eigenvalue weighted by atomic mass is 79.9. The van der Waals surface area contributed by atoms with Crippen LogP contribution in [0.15, 0.2) is 113 Å². The molecule has 0 radical (unpaired) electrons. The number of piperazine rings is 1. The third kappa shape index (κ3) is 26.7. The second-order valence-corrected chi connectivity index (χ2v) is 31.9. The maximum Gasteiger partial charge on any atom is 0.289 e. The lowest BCUT2D eigenvalue weighted by atomic mass is 9.90. The molecule has 4 fully saturated rings. The zero-order valence-electron chi connectivity index (χ0n) is 61.7. The van der Waals surface area contributed by atoms with Gasteiger partial charge >= 0.3 is 0 Å². The number of ketones is 1. The van der Waals surface area contributed by atoms with Crippen LogP contribution in [0.25, 0.3) is 0 Å². The van der Waals surface area contributed by atoms with E-state index >= 15 is 0 Å². The number of pyridine rings is 1. The quantitative estimate of drug-likeness (QED) is 0.0773. The Balaban J connectivity index is 0.000000330. The molecule has 6 aromatic heterocycles. The second kappa shape index (κ2) is 45.4.